The van der Waals surface area contributed by atoms with E-state index in [1.165, 1.54) is 6.07 Å². The van der Waals surface area contributed by atoms with Gasteiger partial charge < -0.3 is 22.9 Å². The van der Waals surface area contributed by atoms with Gasteiger partial charge in [-0.25, -0.2) is 0 Å². The highest BCUT2D eigenvalue weighted by molar-refractivity contribution is 6.14. The van der Waals surface area contributed by atoms with E-state index < -0.39 is 11.8 Å². The first kappa shape index (κ1) is 18.7. The number of primary amides is 2. The predicted molar refractivity (Wildman–Crippen MR) is 114 cm³/mol. The molecule has 0 aliphatic rings. The van der Waals surface area contributed by atoms with Crippen LogP contribution in [-0.2, 0) is 0 Å². The first-order chi connectivity index (χ1) is 13.4. The van der Waals surface area contributed by atoms with Crippen LogP contribution < -0.4 is 22.9 Å². The summed E-state index contributed by atoms with van der Waals surface area (Å²) in [4.78, 5) is 22.5. The predicted octanol–water partition coefficient (Wildman–Crippen LogP) is 3.04. The highest BCUT2D eigenvalue weighted by Crippen LogP contribution is 2.22. The van der Waals surface area contributed by atoms with Crippen LogP contribution in [0.1, 0.15) is 20.7 Å². The Morgan fingerprint density at radius 3 is 1.68 bits per heavy atom. The topological polar surface area (TPSA) is 138 Å². The fourth-order valence-electron chi connectivity index (χ4n) is 3.03. The Balaban J connectivity index is 0.000000167. The Morgan fingerprint density at radius 1 is 0.607 bits per heavy atom. The molecule has 0 fully saturated rings. The minimum absolute atomic E-state index is 0.159. The third-order valence-electron chi connectivity index (χ3n) is 4.33. The molecule has 2 amide bonds. The molecule has 6 nitrogen and oxygen atoms in total. The lowest BCUT2D eigenvalue weighted by Gasteiger charge is -2.07. The second-order valence-electron chi connectivity index (χ2n) is 6.30. The molecule has 28 heavy (non-hydrogen) atoms. The molecule has 0 atom stereocenters. The lowest BCUT2D eigenvalue weighted by Crippen LogP contribution is -2.20. The number of amides is 2. The molecule has 0 aromatic heterocycles. The van der Waals surface area contributed by atoms with E-state index in [0.717, 1.165) is 27.5 Å². The molecule has 0 spiro atoms. The number of nitrogens with two attached hydrogens (primary N) is 4. The summed E-state index contributed by atoms with van der Waals surface area (Å²) in [6.07, 6.45) is 0. The molecule has 4 aromatic rings. The largest absolute Gasteiger partial charge is 0.399 e. The van der Waals surface area contributed by atoms with Gasteiger partial charge in [-0.15, -0.1) is 0 Å². The van der Waals surface area contributed by atoms with Crippen LogP contribution in [0.2, 0.25) is 0 Å². The Labute approximate surface area is 161 Å². The molecular weight excluding hydrogens is 352 g/mol. The summed E-state index contributed by atoms with van der Waals surface area (Å²) in [6.45, 7) is 0. The molecule has 6 heteroatoms. The molecule has 0 saturated heterocycles. The Hall–Kier alpha value is -4.06. The monoisotopic (exact) mass is 372 g/mol. The lowest BCUT2D eigenvalue weighted by atomic mass is 9.98. The second kappa shape index (κ2) is 7.67. The normalized spacial score (nSPS) is 10.3. The summed E-state index contributed by atoms with van der Waals surface area (Å²) in [6, 6.07) is 22.0. The lowest BCUT2D eigenvalue weighted by molar-refractivity contribution is 0.0968. The molecule has 0 radical (unpaired) electrons. The van der Waals surface area contributed by atoms with Crippen molar-refractivity contribution >= 4 is 44.7 Å². The van der Waals surface area contributed by atoms with Crippen molar-refractivity contribution in [3.63, 3.8) is 0 Å². The third-order valence-corrected chi connectivity index (χ3v) is 4.33. The molecule has 0 unspecified atom stereocenters. The number of carbonyl (C=O) groups excluding carboxylic acids is 2. The molecule has 0 saturated carbocycles. The van der Waals surface area contributed by atoms with Crippen molar-refractivity contribution < 1.29 is 9.59 Å². The Kier molecular flexibility index (Phi) is 5.13. The number of hydrogen-bond donors (Lipinski definition) is 4. The van der Waals surface area contributed by atoms with Crippen LogP contribution in [0.5, 0.6) is 0 Å². The smallest absolute Gasteiger partial charge is 0.250 e. The van der Waals surface area contributed by atoms with Gasteiger partial charge in [-0.05, 0) is 51.9 Å². The summed E-state index contributed by atoms with van der Waals surface area (Å²) in [5.74, 6) is -1.30. The molecule has 0 heterocycles. The van der Waals surface area contributed by atoms with Crippen molar-refractivity contribution in [2.45, 2.75) is 0 Å². The number of fused-ring (bicyclic) bond motifs is 2. The number of hydrogen-bond acceptors (Lipinski definition) is 4. The zero-order valence-electron chi connectivity index (χ0n) is 15.1. The van der Waals surface area contributed by atoms with Gasteiger partial charge in [-0.3, -0.25) is 9.59 Å². The van der Waals surface area contributed by atoms with Crippen molar-refractivity contribution in [3.8, 4) is 0 Å². The van der Waals surface area contributed by atoms with Crippen LogP contribution in [0.15, 0.2) is 72.8 Å². The van der Waals surface area contributed by atoms with Crippen molar-refractivity contribution in [2.75, 3.05) is 11.5 Å². The fourth-order valence-corrected chi connectivity index (χ4v) is 3.03. The van der Waals surface area contributed by atoms with Gasteiger partial charge in [-0.1, -0.05) is 42.5 Å². The maximum Gasteiger partial charge on any atom is 0.250 e. The molecule has 8 N–H and O–H groups in total. The quantitative estimate of drug-likeness (QED) is 0.402. The zero-order valence-corrected chi connectivity index (χ0v) is 15.1. The number of carbonyl (C=O) groups is 2. The van der Waals surface area contributed by atoms with Gasteiger partial charge in [0.15, 0.2) is 0 Å². The second-order valence-corrected chi connectivity index (χ2v) is 6.30. The SMILES string of the molecule is NC(=O)c1ccc2ccccc2c1C(N)=O.Nc1ccc2cc(N)ccc2c1. The molecule has 4 rings (SSSR count). The van der Waals surface area contributed by atoms with Crippen molar-refractivity contribution in [2.24, 2.45) is 11.5 Å². The Bertz CT molecular complexity index is 1160. The maximum atomic E-state index is 11.4. The highest BCUT2D eigenvalue weighted by Gasteiger charge is 2.15. The minimum atomic E-state index is -0.653. The van der Waals surface area contributed by atoms with Crippen LogP contribution in [0.3, 0.4) is 0 Å². The van der Waals surface area contributed by atoms with E-state index in [2.05, 4.69) is 0 Å². The number of nitrogen functional groups attached to an aromatic ring is 2. The fraction of sp³-hybridized carbons (Fsp3) is 0. The van der Waals surface area contributed by atoms with Crippen molar-refractivity contribution in [1.29, 1.82) is 0 Å². The van der Waals surface area contributed by atoms with E-state index in [1.807, 2.05) is 48.5 Å². The van der Waals surface area contributed by atoms with Crippen molar-refractivity contribution in [1.82, 2.24) is 0 Å². The van der Waals surface area contributed by atoms with E-state index >= 15 is 0 Å². The molecular formula is C22H20N4O2. The zero-order chi connectivity index (χ0) is 20.3. The van der Waals surface area contributed by atoms with Gasteiger partial charge in [0, 0.05) is 11.4 Å². The van der Waals surface area contributed by atoms with Gasteiger partial charge in [0.25, 0.3) is 0 Å². The van der Waals surface area contributed by atoms with Crippen LogP contribution in [0, 0.1) is 0 Å². The van der Waals surface area contributed by atoms with Gasteiger partial charge in [0.05, 0.1) is 11.1 Å². The van der Waals surface area contributed by atoms with Gasteiger partial charge >= 0.3 is 0 Å². The summed E-state index contributed by atoms with van der Waals surface area (Å²) < 4.78 is 0. The molecule has 0 aliphatic heterocycles. The number of benzene rings is 4. The summed E-state index contributed by atoms with van der Waals surface area (Å²) in [7, 11) is 0. The third kappa shape index (κ3) is 3.86. The van der Waals surface area contributed by atoms with E-state index in [1.54, 1.807) is 18.2 Å². The molecule has 0 aliphatic carbocycles. The maximum absolute atomic E-state index is 11.4. The van der Waals surface area contributed by atoms with Crippen LogP contribution in [0.25, 0.3) is 21.5 Å². The van der Waals surface area contributed by atoms with E-state index in [4.69, 9.17) is 22.9 Å². The van der Waals surface area contributed by atoms with E-state index in [-0.39, 0.29) is 11.1 Å². The van der Waals surface area contributed by atoms with E-state index in [9.17, 15) is 9.59 Å². The first-order valence-electron chi connectivity index (χ1n) is 8.53. The van der Waals surface area contributed by atoms with Gasteiger partial charge in [-0.2, -0.15) is 0 Å². The first-order valence-corrected chi connectivity index (χ1v) is 8.53. The van der Waals surface area contributed by atoms with Crippen molar-refractivity contribution in [3.05, 3.63) is 83.9 Å². The highest BCUT2D eigenvalue weighted by atomic mass is 16.2. The van der Waals surface area contributed by atoms with Crippen LogP contribution >= 0.6 is 0 Å². The molecule has 4 aromatic carbocycles. The standard InChI is InChI=1S/C12H10N2O2.C10H10N2/c13-11(15)9-6-5-7-3-1-2-4-8(7)10(9)12(14)16;11-9-3-1-7-5-10(12)4-2-8(7)6-9/h1-6H,(H2,13,15)(H2,14,16);1-6H,11-12H2. The van der Waals surface area contributed by atoms with E-state index in [0.29, 0.717) is 5.39 Å². The summed E-state index contributed by atoms with van der Waals surface area (Å²) in [5.41, 5.74) is 23.6. The average molecular weight is 372 g/mol. The van der Waals surface area contributed by atoms with Crippen LogP contribution in [-0.4, -0.2) is 11.8 Å². The summed E-state index contributed by atoms with van der Waals surface area (Å²) >= 11 is 0. The minimum Gasteiger partial charge on any atom is -0.399 e. The Morgan fingerprint density at radius 2 is 1.14 bits per heavy atom. The molecule has 140 valence electrons. The average Bonchev–Trinajstić information content (AvgIpc) is 2.67. The van der Waals surface area contributed by atoms with Crippen LogP contribution in [0.4, 0.5) is 11.4 Å². The summed E-state index contributed by atoms with van der Waals surface area (Å²) in [5, 5.41) is 3.75. The molecule has 0 bridgehead atoms. The number of anilines is 2. The van der Waals surface area contributed by atoms with Gasteiger partial charge in [0.2, 0.25) is 11.8 Å². The number of rotatable bonds is 2. The van der Waals surface area contributed by atoms with Gasteiger partial charge in [0.1, 0.15) is 0 Å².